The van der Waals surface area contributed by atoms with Crippen LogP contribution in [0.5, 0.6) is 0 Å². The van der Waals surface area contributed by atoms with E-state index in [0.29, 0.717) is 0 Å². The first-order chi connectivity index (χ1) is 2.77. The topological polar surface area (TPSA) is 50.4 Å². The maximum absolute atomic E-state index is 4.94. The van der Waals surface area contributed by atoms with E-state index in [1.54, 1.807) is 0 Å². The van der Waals surface area contributed by atoms with Gasteiger partial charge in [-0.05, 0) is 0 Å². The third kappa shape index (κ3) is 10.7. The molecule has 7 heavy (non-hydrogen) atoms. The molecule has 0 rings (SSSR count). The Balaban J connectivity index is 0. The minimum Gasteiger partial charge on any atom is -1.00 e. The van der Waals surface area contributed by atoms with Gasteiger partial charge in [0, 0.05) is 0 Å². The third-order valence-corrected chi connectivity index (χ3v) is 0.537. The van der Waals surface area contributed by atoms with Crippen LogP contribution in [0.3, 0.4) is 0 Å². The predicted molar refractivity (Wildman–Crippen MR) is 28.1 cm³/mol. The average Bonchev–Trinajstić information content (AvgIpc) is 1.35. The fourth-order valence-corrected chi connectivity index (χ4v) is 0.604. The van der Waals surface area contributed by atoms with Crippen molar-refractivity contribution >= 4 is 35.7 Å². The van der Waals surface area contributed by atoms with Gasteiger partial charge in [-0.2, -0.15) is 0 Å². The van der Waals surface area contributed by atoms with Crippen molar-refractivity contribution < 1.29 is 12.4 Å². The van der Waals surface area contributed by atoms with Gasteiger partial charge in [-0.15, -0.1) is 0 Å². The summed E-state index contributed by atoms with van der Waals surface area (Å²) in [5, 5.41) is 0.222. The minimum atomic E-state index is 0. The molecule has 0 heterocycles. The molecule has 0 spiro atoms. The summed E-state index contributed by atoms with van der Waals surface area (Å²) < 4.78 is 3.48. The zero-order valence-corrected chi connectivity index (χ0v) is 7.38. The standard InChI is InChI=1S/CH3N3S.ClH.Ga/c2-1(5)4-3;;/h(H3,2,4,5);1H;/q;;+1/p-1. The van der Waals surface area contributed by atoms with Crippen LogP contribution >= 0.6 is 12.2 Å². The number of hydrogen-bond donors (Lipinski definition) is 2. The summed E-state index contributed by atoms with van der Waals surface area (Å²) in [6.07, 6.45) is 0. The molecule has 38 valence electrons. The molecular weight excluding hydrogens is 191 g/mol. The summed E-state index contributed by atoms with van der Waals surface area (Å²) >= 11 is 5.57. The first-order valence-corrected chi connectivity index (χ1v) is 2.72. The fraction of sp³-hybridized carbons (Fsp3) is 0. The van der Waals surface area contributed by atoms with Gasteiger partial charge >= 0.3 is 50.7 Å². The molecule has 0 amide bonds. The van der Waals surface area contributed by atoms with Gasteiger partial charge < -0.3 is 12.4 Å². The summed E-state index contributed by atoms with van der Waals surface area (Å²) in [4.78, 5) is 0. The zero-order valence-electron chi connectivity index (χ0n) is 3.39. The molecule has 0 radical (unpaired) electrons. The number of halogens is 1. The fourth-order valence-electron chi connectivity index (χ4n) is 0.0636. The number of hydrogen-bond acceptors (Lipinski definition) is 2. The predicted octanol–water partition coefficient (Wildman–Crippen LogP) is -3.91. The molecule has 0 saturated carbocycles. The minimum absolute atomic E-state index is 0. The van der Waals surface area contributed by atoms with Crippen LogP contribution in [0.15, 0.2) is 3.76 Å². The molecule has 0 saturated heterocycles. The molecule has 3 N–H and O–H groups in total. The van der Waals surface area contributed by atoms with Gasteiger partial charge in [0.1, 0.15) is 0 Å². The van der Waals surface area contributed by atoms with Crippen LogP contribution < -0.4 is 23.6 Å². The number of thiocarbonyl (C=S) groups is 1. The van der Waals surface area contributed by atoms with E-state index in [1.165, 1.54) is 18.4 Å². The summed E-state index contributed by atoms with van der Waals surface area (Å²) in [6, 6.07) is 0. The molecule has 6 heteroatoms. The summed E-state index contributed by atoms with van der Waals surface area (Å²) in [5.41, 5.74) is 7.31. The second-order valence-electron chi connectivity index (χ2n) is 0.605. The number of nitrogens with two attached hydrogens (primary N) is 1. The maximum Gasteiger partial charge on any atom is -1.00 e. The van der Waals surface area contributed by atoms with Gasteiger partial charge in [-0.1, -0.05) is 0 Å². The summed E-state index contributed by atoms with van der Waals surface area (Å²) in [5.74, 6) is 0. The van der Waals surface area contributed by atoms with Crippen LogP contribution in [0, 0.1) is 0 Å². The van der Waals surface area contributed by atoms with Crippen LogP contribution in [0.2, 0.25) is 0 Å². The molecule has 0 fully saturated rings. The van der Waals surface area contributed by atoms with Crippen molar-refractivity contribution in [3.63, 3.8) is 0 Å². The van der Waals surface area contributed by atoms with Gasteiger partial charge in [-0.3, -0.25) is 0 Å². The van der Waals surface area contributed by atoms with Crippen LogP contribution in [0.25, 0.3) is 0 Å². The molecular formula is CH3ClGaN3S. The van der Waals surface area contributed by atoms with Gasteiger partial charge in [0.25, 0.3) is 0 Å². The quantitative estimate of drug-likeness (QED) is 0.255. The SMILES string of the molecule is NC(=S)N[N]=[Ga+].[Cl-]. The van der Waals surface area contributed by atoms with Crippen molar-refractivity contribution in [3.8, 4) is 0 Å². The normalized spacial score (nSPS) is 6.00. The second kappa shape index (κ2) is 6.42. The molecule has 0 aromatic rings. The Hall–Kier alpha value is 0.416. The van der Waals surface area contributed by atoms with Crippen LogP contribution in [0.4, 0.5) is 0 Å². The van der Waals surface area contributed by atoms with E-state index in [2.05, 4.69) is 21.4 Å². The van der Waals surface area contributed by atoms with Gasteiger partial charge in [0.15, 0.2) is 0 Å². The van der Waals surface area contributed by atoms with Gasteiger partial charge in [0.2, 0.25) is 0 Å². The zero-order chi connectivity index (χ0) is 4.99. The number of nitrogens with zero attached hydrogens (tertiary/aromatic N) is 1. The molecule has 3 nitrogen and oxygen atoms in total. The first kappa shape index (κ1) is 10.4. The van der Waals surface area contributed by atoms with Crippen molar-refractivity contribution in [2.24, 2.45) is 9.49 Å². The largest absolute Gasteiger partial charge is 1.00 e. The van der Waals surface area contributed by atoms with Crippen LogP contribution in [-0.4, -0.2) is 23.5 Å². The van der Waals surface area contributed by atoms with E-state index in [0.717, 1.165) is 0 Å². The van der Waals surface area contributed by atoms with Crippen molar-refractivity contribution in [2.75, 3.05) is 0 Å². The van der Waals surface area contributed by atoms with E-state index in [4.69, 9.17) is 5.73 Å². The van der Waals surface area contributed by atoms with E-state index in [9.17, 15) is 0 Å². The summed E-state index contributed by atoms with van der Waals surface area (Å²) in [7, 11) is 0. The van der Waals surface area contributed by atoms with Gasteiger partial charge in [-0.25, -0.2) is 0 Å². The smallest absolute Gasteiger partial charge is 1.00 e. The molecule has 0 atom stereocenters. The summed E-state index contributed by atoms with van der Waals surface area (Å²) in [6.45, 7) is 0. The Kier molecular flexibility index (Phi) is 9.54. The van der Waals surface area contributed by atoms with Gasteiger partial charge in [0.05, 0.1) is 0 Å². The van der Waals surface area contributed by atoms with E-state index >= 15 is 0 Å². The second-order valence-corrected chi connectivity index (χ2v) is 1.59. The Morgan fingerprint density at radius 3 is 2.29 bits per heavy atom. The molecule has 0 bridgehead atoms. The molecule has 0 aliphatic rings. The van der Waals surface area contributed by atoms with Crippen LogP contribution in [0.1, 0.15) is 0 Å². The Morgan fingerprint density at radius 1 is 1.86 bits per heavy atom. The van der Waals surface area contributed by atoms with Crippen LogP contribution in [-0.2, 0) is 0 Å². The molecule has 0 unspecified atom stereocenters. The molecule has 0 aliphatic carbocycles. The molecule has 0 aromatic carbocycles. The number of nitrogens with one attached hydrogen (secondary N) is 1. The van der Waals surface area contributed by atoms with Crippen molar-refractivity contribution in [1.29, 1.82) is 0 Å². The Labute approximate surface area is 63.2 Å². The third-order valence-electron chi connectivity index (χ3n) is 0.175. The van der Waals surface area contributed by atoms with Crippen molar-refractivity contribution in [3.05, 3.63) is 0 Å². The average molecular weight is 194 g/mol. The van der Waals surface area contributed by atoms with Crippen molar-refractivity contribution in [2.45, 2.75) is 0 Å². The molecule has 0 aliphatic heterocycles. The first-order valence-electron chi connectivity index (χ1n) is 1.22. The van der Waals surface area contributed by atoms with E-state index in [1.807, 2.05) is 0 Å². The Bertz CT molecular complexity index is 75.3. The molecule has 0 aromatic heterocycles. The van der Waals surface area contributed by atoms with Crippen molar-refractivity contribution in [1.82, 2.24) is 5.43 Å². The monoisotopic (exact) mass is 193 g/mol. The van der Waals surface area contributed by atoms with E-state index in [-0.39, 0.29) is 17.5 Å². The Morgan fingerprint density at radius 2 is 2.29 bits per heavy atom. The van der Waals surface area contributed by atoms with E-state index < -0.39 is 0 Å². The maximum atomic E-state index is 4.94. The number of rotatable bonds is 1.